The lowest BCUT2D eigenvalue weighted by Crippen LogP contribution is -2.13. The van der Waals surface area contributed by atoms with Crippen molar-refractivity contribution in [1.82, 2.24) is 10.2 Å². The van der Waals surface area contributed by atoms with Gasteiger partial charge >= 0.3 is 11.9 Å². The Kier molecular flexibility index (Phi) is 4.22. The van der Waals surface area contributed by atoms with Gasteiger partial charge < -0.3 is 9.47 Å². The molecule has 2 aromatic rings. The predicted molar refractivity (Wildman–Crippen MR) is 70.1 cm³/mol. The summed E-state index contributed by atoms with van der Waals surface area (Å²) in [5.74, 6) is -2.08. The molecule has 0 amide bonds. The number of rotatable bonds is 3. The van der Waals surface area contributed by atoms with Crippen LogP contribution in [0.2, 0.25) is 0 Å². The molecule has 0 saturated heterocycles. The molecular formula is C14H11FN2O4. The highest BCUT2D eigenvalue weighted by molar-refractivity contribution is 5.97. The fourth-order valence-corrected chi connectivity index (χ4v) is 1.73. The van der Waals surface area contributed by atoms with Crippen LogP contribution in [-0.4, -0.2) is 36.4 Å². The van der Waals surface area contributed by atoms with E-state index in [-0.39, 0.29) is 22.5 Å². The fraction of sp³-hybridized carbons (Fsp3) is 0.143. The first-order valence-electron chi connectivity index (χ1n) is 5.87. The van der Waals surface area contributed by atoms with Crippen molar-refractivity contribution >= 4 is 11.9 Å². The van der Waals surface area contributed by atoms with Crippen molar-refractivity contribution in [3.05, 3.63) is 47.5 Å². The molecule has 2 rings (SSSR count). The number of aromatic nitrogens is 2. The molecule has 21 heavy (non-hydrogen) atoms. The van der Waals surface area contributed by atoms with E-state index in [4.69, 9.17) is 0 Å². The minimum absolute atomic E-state index is 0.107. The van der Waals surface area contributed by atoms with E-state index in [2.05, 4.69) is 19.7 Å². The maximum atomic E-state index is 13.9. The Morgan fingerprint density at radius 3 is 2.29 bits per heavy atom. The van der Waals surface area contributed by atoms with Crippen LogP contribution in [0.5, 0.6) is 0 Å². The zero-order valence-electron chi connectivity index (χ0n) is 11.3. The van der Waals surface area contributed by atoms with Gasteiger partial charge in [-0.05, 0) is 12.1 Å². The molecule has 0 fully saturated rings. The number of methoxy groups -OCH3 is 2. The number of carbonyl (C=O) groups is 2. The maximum absolute atomic E-state index is 13.9. The number of esters is 2. The molecule has 1 aromatic heterocycles. The topological polar surface area (TPSA) is 78.4 Å². The van der Waals surface area contributed by atoms with Crippen molar-refractivity contribution in [1.29, 1.82) is 0 Å². The van der Waals surface area contributed by atoms with Crippen LogP contribution in [0, 0.1) is 5.82 Å². The van der Waals surface area contributed by atoms with Crippen LogP contribution in [0.4, 0.5) is 4.39 Å². The van der Waals surface area contributed by atoms with E-state index in [1.807, 2.05) is 0 Å². The Labute approximate surface area is 119 Å². The average Bonchev–Trinajstić information content (AvgIpc) is 2.53. The van der Waals surface area contributed by atoms with Gasteiger partial charge in [0.1, 0.15) is 5.82 Å². The monoisotopic (exact) mass is 290 g/mol. The van der Waals surface area contributed by atoms with Crippen LogP contribution < -0.4 is 0 Å². The molecule has 108 valence electrons. The van der Waals surface area contributed by atoms with E-state index in [1.165, 1.54) is 38.5 Å². The second kappa shape index (κ2) is 6.08. The number of carbonyl (C=O) groups excluding carboxylic acids is 2. The van der Waals surface area contributed by atoms with Gasteiger partial charge in [-0.15, -0.1) is 10.2 Å². The first-order valence-corrected chi connectivity index (χ1v) is 5.87. The van der Waals surface area contributed by atoms with Crippen molar-refractivity contribution in [2.75, 3.05) is 14.2 Å². The molecule has 0 aliphatic rings. The summed E-state index contributed by atoms with van der Waals surface area (Å²) >= 11 is 0. The van der Waals surface area contributed by atoms with Crippen molar-refractivity contribution in [3.8, 4) is 11.1 Å². The molecule has 0 radical (unpaired) electrons. The third-order valence-corrected chi connectivity index (χ3v) is 2.73. The highest BCUT2D eigenvalue weighted by atomic mass is 19.1. The van der Waals surface area contributed by atoms with Gasteiger partial charge in [-0.25, -0.2) is 14.0 Å². The van der Waals surface area contributed by atoms with Crippen LogP contribution in [0.1, 0.15) is 21.0 Å². The van der Waals surface area contributed by atoms with Crippen LogP contribution in [0.15, 0.2) is 30.3 Å². The van der Waals surface area contributed by atoms with Gasteiger partial charge in [-0.1, -0.05) is 18.2 Å². The standard InChI is InChI=1S/C14H11FN2O4/c1-20-13(18)11-7-9(8-5-3-4-6-10(8)15)12(17-16-11)14(19)21-2/h3-7H,1-2H3. The fourth-order valence-electron chi connectivity index (χ4n) is 1.73. The summed E-state index contributed by atoms with van der Waals surface area (Å²) in [6.45, 7) is 0. The van der Waals surface area contributed by atoms with Crippen LogP contribution in [0.3, 0.4) is 0 Å². The second-order valence-corrected chi connectivity index (χ2v) is 3.95. The lowest BCUT2D eigenvalue weighted by molar-refractivity contribution is 0.0574. The third-order valence-electron chi connectivity index (χ3n) is 2.73. The summed E-state index contributed by atoms with van der Waals surface area (Å²) in [7, 11) is 2.35. The molecular weight excluding hydrogens is 279 g/mol. The van der Waals surface area contributed by atoms with E-state index in [1.54, 1.807) is 6.07 Å². The van der Waals surface area contributed by atoms with E-state index in [0.29, 0.717) is 0 Å². The molecule has 6 nitrogen and oxygen atoms in total. The molecule has 0 saturated carbocycles. The lowest BCUT2D eigenvalue weighted by atomic mass is 10.0. The highest BCUT2D eigenvalue weighted by Gasteiger charge is 2.21. The van der Waals surface area contributed by atoms with E-state index >= 15 is 0 Å². The van der Waals surface area contributed by atoms with Crippen molar-refractivity contribution in [2.24, 2.45) is 0 Å². The zero-order chi connectivity index (χ0) is 15.4. The molecule has 7 heteroatoms. The number of ether oxygens (including phenoxy) is 2. The predicted octanol–water partition coefficient (Wildman–Crippen LogP) is 1.86. The maximum Gasteiger partial charge on any atom is 0.359 e. The zero-order valence-corrected chi connectivity index (χ0v) is 11.3. The second-order valence-electron chi connectivity index (χ2n) is 3.95. The number of hydrogen-bond acceptors (Lipinski definition) is 6. The molecule has 1 heterocycles. The Hall–Kier alpha value is -2.83. The Balaban J connectivity index is 2.67. The van der Waals surface area contributed by atoms with Gasteiger partial charge in [0.25, 0.3) is 0 Å². The Morgan fingerprint density at radius 2 is 1.67 bits per heavy atom. The first-order chi connectivity index (χ1) is 10.1. The first kappa shape index (κ1) is 14.6. The van der Waals surface area contributed by atoms with E-state index in [0.717, 1.165) is 0 Å². The Bertz CT molecular complexity index is 703. The number of nitrogens with zero attached hydrogens (tertiary/aromatic N) is 2. The van der Waals surface area contributed by atoms with E-state index < -0.39 is 17.8 Å². The van der Waals surface area contributed by atoms with E-state index in [9.17, 15) is 14.0 Å². The van der Waals surface area contributed by atoms with Crippen molar-refractivity contribution < 1.29 is 23.5 Å². The van der Waals surface area contributed by atoms with Crippen LogP contribution in [-0.2, 0) is 9.47 Å². The van der Waals surface area contributed by atoms with Crippen LogP contribution >= 0.6 is 0 Å². The average molecular weight is 290 g/mol. The van der Waals surface area contributed by atoms with Crippen LogP contribution in [0.25, 0.3) is 11.1 Å². The molecule has 0 bridgehead atoms. The molecule has 0 aliphatic carbocycles. The number of benzene rings is 1. The molecule has 0 atom stereocenters. The van der Waals surface area contributed by atoms with Gasteiger partial charge in [0, 0.05) is 11.1 Å². The molecule has 0 unspecified atom stereocenters. The largest absolute Gasteiger partial charge is 0.464 e. The summed E-state index contributed by atoms with van der Waals surface area (Å²) in [6.07, 6.45) is 0. The minimum atomic E-state index is -0.780. The molecule has 0 N–H and O–H groups in total. The van der Waals surface area contributed by atoms with Gasteiger partial charge in [-0.3, -0.25) is 0 Å². The molecule has 0 aliphatic heterocycles. The summed E-state index contributed by atoms with van der Waals surface area (Å²) < 4.78 is 23.0. The number of halogens is 1. The van der Waals surface area contributed by atoms with Gasteiger partial charge in [0.15, 0.2) is 11.4 Å². The third kappa shape index (κ3) is 2.86. The van der Waals surface area contributed by atoms with Gasteiger partial charge in [0.2, 0.25) is 0 Å². The van der Waals surface area contributed by atoms with Gasteiger partial charge in [0.05, 0.1) is 14.2 Å². The SMILES string of the molecule is COC(=O)c1cc(-c2ccccc2F)c(C(=O)OC)nn1. The summed E-state index contributed by atoms with van der Waals surface area (Å²) in [6, 6.07) is 7.03. The summed E-state index contributed by atoms with van der Waals surface area (Å²) in [5.41, 5.74) is -0.105. The van der Waals surface area contributed by atoms with Crippen molar-refractivity contribution in [2.45, 2.75) is 0 Å². The normalized spacial score (nSPS) is 10.0. The summed E-state index contributed by atoms with van der Waals surface area (Å²) in [4.78, 5) is 23.2. The van der Waals surface area contributed by atoms with Gasteiger partial charge in [-0.2, -0.15) is 0 Å². The smallest absolute Gasteiger partial charge is 0.359 e. The minimum Gasteiger partial charge on any atom is -0.464 e. The van der Waals surface area contributed by atoms with Crippen molar-refractivity contribution in [3.63, 3.8) is 0 Å². The summed E-state index contributed by atoms with van der Waals surface area (Å²) in [5, 5.41) is 7.23. The molecule has 1 aromatic carbocycles. The lowest BCUT2D eigenvalue weighted by Gasteiger charge is -2.08. The number of hydrogen-bond donors (Lipinski definition) is 0. The highest BCUT2D eigenvalue weighted by Crippen LogP contribution is 2.26. The Morgan fingerprint density at radius 1 is 1.00 bits per heavy atom. The quantitative estimate of drug-likeness (QED) is 0.803. The molecule has 0 spiro atoms.